The van der Waals surface area contributed by atoms with Crippen LogP contribution < -0.4 is 14.8 Å². The van der Waals surface area contributed by atoms with Gasteiger partial charge in [-0.25, -0.2) is 8.42 Å². The highest BCUT2D eigenvalue weighted by atomic mass is 35.5. The molecular formula is C21H25ClN2O5S. The number of halogens is 1. The van der Waals surface area contributed by atoms with Gasteiger partial charge >= 0.3 is 0 Å². The van der Waals surface area contributed by atoms with E-state index in [1.165, 1.54) is 23.5 Å². The number of carbonyl (C=O) groups excluding carboxylic acids is 1. The first kappa shape index (κ1) is 22.4. The summed E-state index contributed by atoms with van der Waals surface area (Å²) in [6.45, 7) is 0.762. The molecule has 1 amide bonds. The van der Waals surface area contributed by atoms with Crippen molar-refractivity contribution in [2.45, 2.75) is 24.3 Å². The first-order chi connectivity index (χ1) is 14.4. The van der Waals surface area contributed by atoms with Crippen LogP contribution >= 0.6 is 11.6 Å². The number of nitrogens with one attached hydrogen (secondary N) is 1. The average molecular weight is 453 g/mol. The van der Waals surface area contributed by atoms with Crippen molar-refractivity contribution in [3.8, 4) is 11.5 Å². The topological polar surface area (TPSA) is 84.9 Å². The molecule has 0 aliphatic carbocycles. The molecule has 1 aliphatic rings. The number of nitrogens with zero attached hydrogens (tertiary/aromatic N) is 1. The molecule has 162 valence electrons. The van der Waals surface area contributed by atoms with Crippen LogP contribution in [0.4, 0.5) is 0 Å². The van der Waals surface area contributed by atoms with Crippen LogP contribution in [0.5, 0.6) is 11.5 Å². The predicted molar refractivity (Wildman–Crippen MR) is 114 cm³/mol. The first-order valence-electron chi connectivity index (χ1n) is 9.60. The third kappa shape index (κ3) is 4.88. The monoisotopic (exact) mass is 452 g/mol. The Kier molecular flexibility index (Phi) is 7.23. The van der Waals surface area contributed by atoms with E-state index in [4.69, 9.17) is 21.1 Å². The van der Waals surface area contributed by atoms with Crippen LogP contribution in [0.15, 0.2) is 47.4 Å². The normalized spacial score (nSPS) is 17.4. The van der Waals surface area contributed by atoms with Crippen LogP contribution in [0.2, 0.25) is 5.02 Å². The Labute approximate surface area is 182 Å². The number of rotatable bonds is 7. The van der Waals surface area contributed by atoms with E-state index in [1.54, 1.807) is 13.2 Å². The predicted octanol–water partition coefficient (Wildman–Crippen LogP) is 3.07. The number of hydrogen-bond donors (Lipinski definition) is 1. The van der Waals surface area contributed by atoms with Gasteiger partial charge in [0.25, 0.3) is 0 Å². The SMILES string of the molecule is COc1ccccc1CNC(=O)[C@@H]1CCCN(S(=O)(=O)c2cc(Cl)ccc2OC)C1. The molecule has 0 aromatic heterocycles. The molecule has 0 spiro atoms. The fraction of sp³-hybridized carbons (Fsp3) is 0.381. The second-order valence-electron chi connectivity index (χ2n) is 7.03. The summed E-state index contributed by atoms with van der Waals surface area (Å²) in [5.74, 6) is 0.299. The second kappa shape index (κ2) is 9.68. The third-order valence-corrected chi connectivity index (χ3v) is 7.27. The van der Waals surface area contributed by atoms with Crippen molar-refractivity contribution in [1.29, 1.82) is 0 Å². The molecule has 2 aromatic carbocycles. The largest absolute Gasteiger partial charge is 0.496 e. The molecule has 0 saturated carbocycles. The van der Waals surface area contributed by atoms with E-state index in [1.807, 2.05) is 24.3 Å². The minimum atomic E-state index is -3.85. The van der Waals surface area contributed by atoms with Crippen molar-refractivity contribution in [3.63, 3.8) is 0 Å². The van der Waals surface area contributed by atoms with Crippen molar-refractivity contribution < 1.29 is 22.7 Å². The van der Waals surface area contributed by atoms with Crippen molar-refractivity contribution in [2.75, 3.05) is 27.3 Å². The third-order valence-electron chi connectivity index (χ3n) is 5.14. The molecule has 9 heteroatoms. The zero-order valence-electron chi connectivity index (χ0n) is 16.9. The smallest absolute Gasteiger partial charge is 0.246 e. The number of benzene rings is 2. The fourth-order valence-electron chi connectivity index (χ4n) is 3.54. The van der Waals surface area contributed by atoms with Crippen LogP contribution in [-0.4, -0.2) is 45.9 Å². The summed E-state index contributed by atoms with van der Waals surface area (Å²) in [4.78, 5) is 12.7. The van der Waals surface area contributed by atoms with Crippen LogP contribution in [-0.2, 0) is 21.4 Å². The molecule has 7 nitrogen and oxygen atoms in total. The summed E-state index contributed by atoms with van der Waals surface area (Å²) in [5, 5.41) is 3.20. The number of hydrogen-bond acceptors (Lipinski definition) is 5. The standard InChI is InChI=1S/C21H25ClN2O5S/c1-28-18-8-4-3-6-15(18)13-23-21(25)16-7-5-11-24(14-16)30(26,27)20-12-17(22)9-10-19(20)29-2/h3-4,6,8-10,12,16H,5,7,11,13-14H2,1-2H3,(H,23,25)/t16-/m1/s1. The van der Waals surface area contributed by atoms with Crippen molar-refractivity contribution >= 4 is 27.5 Å². The van der Waals surface area contributed by atoms with E-state index >= 15 is 0 Å². The highest BCUT2D eigenvalue weighted by Gasteiger charge is 2.35. The van der Waals surface area contributed by atoms with E-state index in [9.17, 15) is 13.2 Å². The average Bonchev–Trinajstić information content (AvgIpc) is 2.77. The zero-order chi connectivity index (χ0) is 21.7. The number of piperidine rings is 1. The number of sulfonamides is 1. The molecule has 1 saturated heterocycles. The number of carbonyl (C=O) groups is 1. The highest BCUT2D eigenvalue weighted by molar-refractivity contribution is 7.89. The molecule has 0 radical (unpaired) electrons. The molecule has 3 rings (SSSR count). The molecule has 1 atom stereocenters. The molecule has 0 unspecified atom stereocenters. The van der Waals surface area contributed by atoms with E-state index in [2.05, 4.69) is 5.32 Å². The van der Waals surface area contributed by atoms with Crippen molar-refractivity contribution in [2.24, 2.45) is 5.92 Å². The lowest BCUT2D eigenvalue weighted by molar-refractivity contribution is -0.126. The quantitative estimate of drug-likeness (QED) is 0.697. The van der Waals surface area contributed by atoms with Gasteiger partial charge in [-0.15, -0.1) is 0 Å². The first-order valence-corrected chi connectivity index (χ1v) is 11.4. The fourth-order valence-corrected chi connectivity index (χ4v) is 5.48. The molecule has 1 aliphatic heterocycles. The van der Waals surface area contributed by atoms with Crippen molar-refractivity contribution in [3.05, 3.63) is 53.1 Å². The van der Waals surface area contributed by atoms with Gasteiger partial charge in [0.2, 0.25) is 15.9 Å². The summed E-state index contributed by atoms with van der Waals surface area (Å²) < 4.78 is 38.2. The van der Waals surface area contributed by atoms with Gasteiger partial charge < -0.3 is 14.8 Å². The minimum absolute atomic E-state index is 0.00702. The zero-order valence-corrected chi connectivity index (χ0v) is 18.5. The molecule has 1 fully saturated rings. The van der Waals surface area contributed by atoms with Gasteiger partial charge in [-0.05, 0) is 37.1 Å². The van der Waals surface area contributed by atoms with Crippen molar-refractivity contribution in [1.82, 2.24) is 9.62 Å². The van der Waals surface area contributed by atoms with E-state index in [0.29, 0.717) is 36.7 Å². The van der Waals surface area contributed by atoms with Gasteiger partial charge in [0.15, 0.2) is 0 Å². The maximum Gasteiger partial charge on any atom is 0.246 e. The Hall–Kier alpha value is -2.29. The molecule has 1 heterocycles. The summed E-state index contributed by atoms with van der Waals surface area (Å²) in [6, 6.07) is 11.9. The second-order valence-corrected chi connectivity index (χ2v) is 9.37. The Morgan fingerprint density at radius 3 is 2.63 bits per heavy atom. The van der Waals surface area contributed by atoms with Gasteiger partial charge in [-0.3, -0.25) is 4.79 Å². The molecular weight excluding hydrogens is 428 g/mol. The molecule has 2 aromatic rings. The van der Waals surface area contributed by atoms with Gasteiger partial charge in [0.1, 0.15) is 16.4 Å². The van der Waals surface area contributed by atoms with Gasteiger partial charge in [0.05, 0.1) is 20.1 Å². The van der Waals surface area contributed by atoms with E-state index < -0.39 is 15.9 Å². The van der Waals surface area contributed by atoms with Gasteiger partial charge in [0, 0.05) is 30.2 Å². The van der Waals surface area contributed by atoms with Crippen LogP contribution in [0.1, 0.15) is 18.4 Å². The minimum Gasteiger partial charge on any atom is -0.496 e. The summed E-state index contributed by atoms with van der Waals surface area (Å²) in [7, 11) is -0.860. The van der Waals surface area contributed by atoms with Gasteiger partial charge in [-0.1, -0.05) is 29.8 Å². The van der Waals surface area contributed by atoms with Crippen LogP contribution in [0, 0.1) is 5.92 Å². The van der Waals surface area contributed by atoms with Crippen LogP contribution in [0.3, 0.4) is 0 Å². The number of ether oxygens (including phenoxy) is 2. The Morgan fingerprint density at radius 2 is 1.90 bits per heavy atom. The Morgan fingerprint density at radius 1 is 1.17 bits per heavy atom. The Balaban J connectivity index is 1.72. The van der Waals surface area contributed by atoms with E-state index in [-0.39, 0.29) is 23.1 Å². The maximum absolute atomic E-state index is 13.2. The lowest BCUT2D eigenvalue weighted by Gasteiger charge is -2.31. The number of amides is 1. The lowest BCUT2D eigenvalue weighted by atomic mass is 9.98. The molecule has 0 bridgehead atoms. The number of methoxy groups -OCH3 is 2. The highest BCUT2D eigenvalue weighted by Crippen LogP contribution is 2.32. The van der Waals surface area contributed by atoms with Crippen LogP contribution in [0.25, 0.3) is 0 Å². The summed E-state index contributed by atoms with van der Waals surface area (Å²) in [6.07, 6.45) is 1.21. The van der Waals surface area contributed by atoms with E-state index in [0.717, 1.165) is 5.56 Å². The summed E-state index contributed by atoms with van der Waals surface area (Å²) >= 11 is 6.01. The maximum atomic E-state index is 13.2. The molecule has 1 N–H and O–H groups in total. The number of para-hydroxylation sites is 1. The Bertz CT molecular complexity index is 1010. The van der Waals surface area contributed by atoms with Gasteiger partial charge in [-0.2, -0.15) is 4.31 Å². The lowest BCUT2D eigenvalue weighted by Crippen LogP contribution is -2.45. The molecule has 30 heavy (non-hydrogen) atoms. The summed E-state index contributed by atoms with van der Waals surface area (Å²) in [5.41, 5.74) is 0.859.